The maximum Gasteiger partial charge on any atom is 0.254 e. The molecule has 0 saturated carbocycles. The Morgan fingerprint density at radius 3 is 2.39 bits per heavy atom. The van der Waals surface area contributed by atoms with Gasteiger partial charge in [-0.15, -0.1) is 0 Å². The lowest BCUT2D eigenvalue weighted by molar-refractivity contribution is -0.901. The standard InChI is InChI=1S/C19H20F4N4O/c1-11(25-26-17-15(20)18(22)24-19(23)16(17)21)12-5-6-14(28-2)13(9-12)10-27-7-3-4-8-27/h5-6,9H,3-4,7-8,10H2,1-2H3,(H,24,26)/p+1/b25-11-. The number of pyridine rings is 1. The second-order valence-corrected chi connectivity index (χ2v) is 6.67. The van der Waals surface area contributed by atoms with Crippen LogP contribution >= 0.6 is 0 Å². The lowest BCUT2D eigenvalue weighted by Gasteiger charge is -2.16. The first-order chi connectivity index (χ1) is 13.4. The molecule has 0 atom stereocenters. The number of likely N-dealkylation sites (tertiary alicyclic amines) is 1. The van der Waals surface area contributed by atoms with Crippen LogP contribution in [0.1, 0.15) is 30.9 Å². The van der Waals surface area contributed by atoms with Crippen LogP contribution in [-0.2, 0) is 6.54 Å². The van der Waals surface area contributed by atoms with Gasteiger partial charge in [0.15, 0.2) is 0 Å². The van der Waals surface area contributed by atoms with Crippen molar-refractivity contribution in [2.24, 2.45) is 5.10 Å². The average molecular weight is 397 g/mol. The van der Waals surface area contributed by atoms with E-state index in [0.29, 0.717) is 11.3 Å². The van der Waals surface area contributed by atoms with Gasteiger partial charge in [0, 0.05) is 18.4 Å². The first-order valence-electron chi connectivity index (χ1n) is 8.91. The number of nitrogens with one attached hydrogen (secondary N) is 2. The third-order valence-corrected chi connectivity index (χ3v) is 4.78. The molecular formula is C19H21F4N4O+. The summed E-state index contributed by atoms with van der Waals surface area (Å²) in [5, 5.41) is 3.87. The van der Waals surface area contributed by atoms with E-state index in [9.17, 15) is 17.6 Å². The van der Waals surface area contributed by atoms with Crippen molar-refractivity contribution in [1.82, 2.24) is 4.98 Å². The summed E-state index contributed by atoms with van der Waals surface area (Å²) in [6, 6.07) is 5.44. The fourth-order valence-corrected chi connectivity index (χ4v) is 3.25. The van der Waals surface area contributed by atoms with Crippen LogP contribution in [0.15, 0.2) is 23.3 Å². The highest BCUT2D eigenvalue weighted by Gasteiger charge is 2.21. The summed E-state index contributed by atoms with van der Waals surface area (Å²) < 4.78 is 59.2. The number of quaternary nitrogens is 1. The van der Waals surface area contributed by atoms with Gasteiger partial charge in [0.2, 0.25) is 11.6 Å². The first-order valence-corrected chi connectivity index (χ1v) is 8.91. The quantitative estimate of drug-likeness (QED) is 0.341. The molecule has 2 heterocycles. The van der Waals surface area contributed by atoms with Crippen molar-refractivity contribution >= 4 is 11.4 Å². The van der Waals surface area contributed by atoms with Gasteiger partial charge >= 0.3 is 0 Å². The predicted octanol–water partition coefficient (Wildman–Crippen LogP) is 2.66. The number of halogens is 4. The molecule has 0 bridgehead atoms. The monoisotopic (exact) mass is 397 g/mol. The maximum atomic E-state index is 13.7. The second kappa shape index (κ2) is 8.55. The van der Waals surface area contributed by atoms with Gasteiger partial charge in [-0.2, -0.15) is 27.6 Å². The minimum Gasteiger partial charge on any atom is -0.496 e. The topological polar surface area (TPSA) is 50.9 Å². The Hall–Kier alpha value is -2.68. The van der Waals surface area contributed by atoms with Gasteiger partial charge < -0.3 is 9.64 Å². The highest BCUT2D eigenvalue weighted by atomic mass is 19.2. The minimum atomic E-state index is -1.74. The highest BCUT2D eigenvalue weighted by Crippen LogP contribution is 2.23. The second-order valence-electron chi connectivity index (χ2n) is 6.67. The van der Waals surface area contributed by atoms with Crippen molar-refractivity contribution in [3.8, 4) is 5.75 Å². The van der Waals surface area contributed by atoms with Crippen LogP contribution in [0.4, 0.5) is 23.2 Å². The third-order valence-electron chi connectivity index (χ3n) is 4.78. The van der Waals surface area contributed by atoms with E-state index in [0.717, 1.165) is 30.9 Å². The molecule has 3 rings (SSSR count). The molecule has 2 N–H and O–H groups in total. The summed E-state index contributed by atoms with van der Waals surface area (Å²) in [7, 11) is 1.60. The molecule has 1 fully saturated rings. The largest absolute Gasteiger partial charge is 0.496 e. The Bertz CT molecular complexity index is 872. The Kier molecular flexibility index (Phi) is 6.13. The molecule has 0 spiro atoms. The number of hydrazone groups is 1. The number of nitrogens with zero attached hydrogens (tertiary/aromatic N) is 2. The zero-order valence-corrected chi connectivity index (χ0v) is 15.6. The number of methoxy groups -OCH3 is 1. The molecule has 1 aliphatic heterocycles. The summed E-state index contributed by atoms with van der Waals surface area (Å²) in [4.78, 5) is 3.96. The molecule has 1 aromatic heterocycles. The van der Waals surface area contributed by atoms with Crippen LogP contribution < -0.4 is 15.1 Å². The molecule has 150 valence electrons. The van der Waals surface area contributed by atoms with Gasteiger partial charge in [-0.3, -0.25) is 5.43 Å². The Balaban J connectivity index is 1.85. The summed E-state index contributed by atoms with van der Waals surface area (Å²) in [5.74, 6) is -6.00. The fourth-order valence-electron chi connectivity index (χ4n) is 3.25. The Labute approximate surface area is 160 Å². The van der Waals surface area contributed by atoms with Crippen LogP contribution in [0.3, 0.4) is 0 Å². The van der Waals surface area contributed by atoms with Crippen LogP contribution in [0, 0.1) is 23.5 Å². The van der Waals surface area contributed by atoms with E-state index in [1.54, 1.807) is 26.2 Å². The molecule has 0 unspecified atom stereocenters. The number of benzene rings is 1. The van der Waals surface area contributed by atoms with Crippen molar-refractivity contribution in [2.45, 2.75) is 26.3 Å². The van der Waals surface area contributed by atoms with Gasteiger partial charge in [-0.25, -0.2) is 0 Å². The van der Waals surface area contributed by atoms with E-state index < -0.39 is 29.2 Å². The van der Waals surface area contributed by atoms with Crippen LogP contribution in [-0.4, -0.2) is 30.9 Å². The molecule has 5 nitrogen and oxygen atoms in total. The van der Waals surface area contributed by atoms with Gasteiger partial charge in [-0.1, -0.05) is 0 Å². The molecule has 1 aliphatic rings. The molecule has 0 aliphatic carbocycles. The number of aromatic nitrogens is 1. The van der Waals surface area contributed by atoms with Crippen molar-refractivity contribution in [2.75, 3.05) is 25.6 Å². The van der Waals surface area contributed by atoms with Crippen LogP contribution in [0.25, 0.3) is 0 Å². The number of ether oxygens (including phenoxy) is 1. The zero-order chi connectivity index (χ0) is 20.3. The molecule has 0 amide bonds. The first kappa shape index (κ1) is 20.1. The van der Waals surface area contributed by atoms with Gasteiger partial charge in [-0.05, 0) is 30.7 Å². The summed E-state index contributed by atoms with van der Waals surface area (Å²) in [6.07, 6.45) is 2.38. The van der Waals surface area contributed by atoms with Crippen LogP contribution in [0.5, 0.6) is 5.75 Å². The van der Waals surface area contributed by atoms with E-state index in [2.05, 4.69) is 15.5 Å². The SMILES string of the molecule is COc1ccc(/C(C)=N\Nc2c(F)c(F)nc(F)c2F)cc1C[NH+]1CCCC1. The van der Waals surface area contributed by atoms with Crippen molar-refractivity contribution < 1.29 is 27.2 Å². The van der Waals surface area contributed by atoms with E-state index >= 15 is 0 Å². The van der Waals surface area contributed by atoms with Gasteiger partial charge in [0.05, 0.1) is 25.9 Å². The van der Waals surface area contributed by atoms with Crippen molar-refractivity contribution in [3.05, 3.63) is 52.9 Å². The molecule has 2 aromatic rings. The summed E-state index contributed by atoms with van der Waals surface area (Å²) in [5.41, 5.74) is 3.10. The molecule has 1 aromatic carbocycles. The number of rotatable bonds is 6. The minimum absolute atomic E-state index is 0.386. The van der Waals surface area contributed by atoms with Crippen LogP contribution in [0.2, 0.25) is 0 Å². The lowest BCUT2D eigenvalue weighted by atomic mass is 10.1. The zero-order valence-electron chi connectivity index (χ0n) is 15.6. The normalized spacial score (nSPS) is 15.1. The third kappa shape index (κ3) is 4.24. The lowest BCUT2D eigenvalue weighted by Crippen LogP contribution is -3.08. The molecule has 28 heavy (non-hydrogen) atoms. The average Bonchev–Trinajstić information content (AvgIpc) is 3.19. The number of hydrogen-bond donors (Lipinski definition) is 2. The predicted molar refractivity (Wildman–Crippen MR) is 96.5 cm³/mol. The molecule has 1 saturated heterocycles. The van der Waals surface area contributed by atoms with Crippen molar-refractivity contribution in [3.63, 3.8) is 0 Å². The number of hydrogen-bond acceptors (Lipinski definition) is 4. The fraction of sp³-hybridized carbons (Fsp3) is 0.368. The molecule has 0 radical (unpaired) electrons. The van der Waals surface area contributed by atoms with E-state index in [4.69, 9.17) is 4.74 Å². The summed E-state index contributed by atoms with van der Waals surface area (Å²) in [6.45, 7) is 4.60. The van der Waals surface area contributed by atoms with E-state index in [-0.39, 0.29) is 0 Å². The van der Waals surface area contributed by atoms with E-state index in [1.165, 1.54) is 17.7 Å². The van der Waals surface area contributed by atoms with Gasteiger partial charge in [0.1, 0.15) is 18.0 Å². The number of anilines is 1. The van der Waals surface area contributed by atoms with Crippen molar-refractivity contribution in [1.29, 1.82) is 0 Å². The maximum absolute atomic E-state index is 13.7. The van der Waals surface area contributed by atoms with Gasteiger partial charge in [0.25, 0.3) is 11.9 Å². The smallest absolute Gasteiger partial charge is 0.254 e. The van der Waals surface area contributed by atoms with E-state index in [1.807, 2.05) is 6.07 Å². The summed E-state index contributed by atoms with van der Waals surface area (Å²) >= 11 is 0. The Morgan fingerprint density at radius 2 is 1.79 bits per heavy atom. The highest BCUT2D eigenvalue weighted by molar-refractivity contribution is 5.99. The molecule has 9 heteroatoms. The molecular weight excluding hydrogens is 376 g/mol. The Morgan fingerprint density at radius 1 is 1.14 bits per heavy atom.